The van der Waals surface area contributed by atoms with Crippen LogP contribution < -0.4 is 11.1 Å². The molecule has 2 unspecified atom stereocenters. The van der Waals surface area contributed by atoms with Gasteiger partial charge in [-0.1, -0.05) is 28.1 Å². The van der Waals surface area contributed by atoms with Gasteiger partial charge in [0.2, 0.25) is 5.91 Å². The summed E-state index contributed by atoms with van der Waals surface area (Å²) < 4.78 is 1.03. The summed E-state index contributed by atoms with van der Waals surface area (Å²) in [6.45, 7) is 0.587. The van der Waals surface area contributed by atoms with Gasteiger partial charge in [-0.15, -0.1) is 0 Å². The van der Waals surface area contributed by atoms with Gasteiger partial charge >= 0.3 is 0 Å². The Hall–Kier alpha value is -0.870. The smallest absolute Gasteiger partial charge is 0.223 e. The van der Waals surface area contributed by atoms with E-state index in [4.69, 9.17) is 5.73 Å². The number of nitrogens with one attached hydrogen (secondary N) is 1. The molecule has 17 heavy (non-hydrogen) atoms. The van der Waals surface area contributed by atoms with Crippen LogP contribution in [0.25, 0.3) is 0 Å². The molecule has 2 rings (SSSR count). The Kier molecular flexibility index (Phi) is 4.18. The normalized spacial score (nSPS) is 23.6. The zero-order valence-corrected chi connectivity index (χ0v) is 11.2. The van der Waals surface area contributed by atoms with Crippen LogP contribution in [0.4, 0.5) is 0 Å². The number of carbonyl (C=O) groups is 1. The lowest BCUT2D eigenvalue weighted by Gasteiger charge is -2.10. The van der Waals surface area contributed by atoms with E-state index in [1.54, 1.807) is 0 Å². The molecule has 0 aromatic heterocycles. The van der Waals surface area contributed by atoms with Crippen LogP contribution in [-0.2, 0) is 11.3 Å². The van der Waals surface area contributed by atoms with Gasteiger partial charge in [0, 0.05) is 23.0 Å². The van der Waals surface area contributed by atoms with Crippen molar-refractivity contribution in [1.29, 1.82) is 0 Å². The summed E-state index contributed by atoms with van der Waals surface area (Å²) in [5.74, 6) is 0.245. The second kappa shape index (κ2) is 5.65. The minimum atomic E-state index is 0.108. The molecule has 1 fully saturated rings. The van der Waals surface area contributed by atoms with Crippen LogP contribution in [0.5, 0.6) is 0 Å². The van der Waals surface area contributed by atoms with Crippen LogP contribution in [0, 0.1) is 5.92 Å². The number of benzene rings is 1. The van der Waals surface area contributed by atoms with Gasteiger partial charge in [0.15, 0.2) is 0 Å². The number of amides is 1. The Labute approximate surface area is 110 Å². The molecule has 3 nitrogen and oxygen atoms in total. The van der Waals surface area contributed by atoms with Crippen LogP contribution in [0.15, 0.2) is 28.7 Å². The van der Waals surface area contributed by atoms with Gasteiger partial charge in [0.25, 0.3) is 0 Å². The molecule has 2 atom stereocenters. The van der Waals surface area contributed by atoms with E-state index in [2.05, 4.69) is 21.2 Å². The molecule has 1 aromatic carbocycles. The minimum absolute atomic E-state index is 0.108. The van der Waals surface area contributed by atoms with E-state index < -0.39 is 0 Å². The Morgan fingerprint density at radius 3 is 2.94 bits per heavy atom. The third kappa shape index (κ3) is 3.54. The largest absolute Gasteiger partial charge is 0.352 e. The summed E-state index contributed by atoms with van der Waals surface area (Å²) in [5, 5.41) is 2.97. The van der Waals surface area contributed by atoms with Gasteiger partial charge in [-0.2, -0.15) is 0 Å². The predicted octanol–water partition coefficient (Wildman–Crippen LogP) is 2.19. The Morgan fingerprint density at radius 1 is 1.47 bits per heavy atom. The second-order valence-electron chi connectivity index (χ2n) is 4.62. The van der Waals surface area contributed by atoms with Crippen molar-refractivity contribution in [3.8, 4) is 0 Å². The summed E-state index contributed by atoms with van der Waals surface area (Å²) in [6, 6.07) is 8.17. The SMILES string of the molecule is NC1CCC(C(=O)NCc2cccc(Br)c2)C1. The summed E-state index contributed by atoms with van der Waals surface area (Å²) >= 11 is 3.41. The number of hydrogen-bond acceptors (Lipinski definition) is 2. The molecule has 1 aliphatic rings. The van der Waals surface area contributed by atoms with Gasteiger partial charge in [-0.25, -0.2) is 0 Å². The van der Waals surface area contributed by atoms with E-state index in [0.29, 0.717) is 6.54 Å². The fourth-order valence-corrected chi connectivity index (χ4v) is 2.68. The van der Waals surface area contributed by atoms with E-state index in [-0.39, 0.29) is 17.9 Å². The standard InChI is InChI=1S/C13H17BrN2O/c14-11-3-1-2-9(6-11)8-16-13(17)10-4-5-12(15)7-10/h1-3,6,10,12H,4-5,7-8,15H2,(H,16,17). The summed E-state index contributed by atoms with van der Waals surface area (Å²) in [6.07, 6.45) is 2.71. The van der Waals surface area contributed by atoms with E-state index in [9.17, 15) is 4.79 Å². The molecule has 1 amide bonds. The van der Waals surface area contributed by atoms with Crippen molar-refractivity contribution in [2.24, 2.45) is 11.7 Å². The topological polar surface area (TPSA) is 55.1 Å². The van der Waals surface area contributed by atoms with Crippen molar-refractivity contribution in [2.75, 3.05) is 0 Å². The highest BCUT2D eigenvalue weighted by molar-refractivity contribution is 9.10. The minimum Gasteiger partial charge on any atom is -0.352 e. The first-order valence-corrected chi connectivity index (χ1v) is 6.72. The highest BCUT2D eigenvalue weighted by atomic mass is 79.9. The quantitative estimate of drug-likeness (QED) is 0.898. The third-order valence-electron chi connectivity index (χ3n) is 3.20. The number of halogens is 1. The van der Waals surface area contributed by atoms with Crippen LogP contribution in [0.3, 0.4) is 0 Å². The highest BCUT2D eigenvalue weighted by Crippen LogP contribution is 2.24. The highest BCUT2D eigenvalue weighted by Gasteiger charge is 2.27. The fraction of sp³-hybridized carbons (Fsp3) is 0.462. The van der Waals surface area contributed by atoms with E-state index in [0.717, 1.165) is 29.3 Å². The average molecular weight is 297 g/mol. The van der Waals surface area contributed by atoms with Crippen molar-refractivity contribution < 1.29 is 4.79 Å². The Morgan fingerprint density at radius 2 is 2.29 bits per heavy atom. The van der Waals surface area contributed by atoms with E-state index in [1.165, 1.54) is 0 Å². The molecule has 4 heteroatoms. The van der Waals surface area contributed by atoms with Gasteiger partial charge < -0.3 is 11.1 Å². The van der Waals surface area contributed by atoms with Gasteiger partial charge in [0.1, 0.15) is 0 Å². The third-order valence-corrected chi connectivity index (χ3v) is 3.69. The van der Waals surface area contributed by atoms with Crippen molar-refractivity contribution >= 4 is 21.8 Å². The summed E-state index contributed by atoms with van der Waals surface area (Å²) in [4.78, 5) is 11.9. The molecular weight excluding hydrogens is 280 g/mol. The molecule has 92 valence electrons. The lowest BCUT2D eigenvalue weighted by molar-refractivity contribution is -0.125. The van der Waals surface area contributed by atoms with Crippen molar-refractivity contribution in [3.05, 3.63) is 34.3 Å². The van der Waals surface area contributed by atoms with Crippen molar-refractivity contribution in [2.45, 2.75) is 31.8 Å². The van der Waals surface area contributed by atoms with Gasteiger partial charge in [0.05, 0.1) is 0 Å². The Bertz CT molecular complexity index is 408. The number of rotatable bonds is 3. The molecule has 0 saturated heterocycles. The lowest BCUT2D eigenvalue weighted by Crippen LogP contribution is -2.29. The molecule has 1 aromatic rings. The maximum atomic E-state index is 11.9. The number of carbonyl (C=O) groups excluding carboxylic acids is 1. The van der Waals surface area contributed by atoms with Gasteiger partial charge in [-0.05, 0) is 37.0 Å². The number of hydrogen-bond donors (Lipinski definition) is 2. The molecule has 0 radical (unpaired) electrons. The molecule has 0 heterocycles. The molecule has 1 aliphatic carbocycles. The summed E-state index contributed by atoms with van der Waals surface area (Å²) in [7, 11) is 0. The van der Waals surface area contributed by atoms with Crippen LogP contribution in [0.2, 0.25) is 0 Å². The van der Waals surface area contributed by atoms with E-state index >= 15 is 0 Å². The van der Waals surface area contributed by atoms with Crippen LogP contribution in [-0.4, -0.2) is 11.9 Å². The molecule has 0 aliphatic heterocycles. The zero-order valence-electron chi connectivity index (χ0n) is 9.66. The van der Waals surface area contributed by atoms with Gasteiger partial charge in [-0.3, -0.25) is 4.79 Å². The first-order valence-electron chi connectivity index (χ1n) is 5.93. The number of nitrogens with two attached hydrogens (primary N) is 1. The molecular formula is C13H17BrN2O. The van der Waals surface area contributed by atoms with E-state index in [1.807, 2.05) is 24.3 Å². The molecule has 0 bridgehead atoms. The maximum Gasteiger partial charge on any atom is 0.223 e. The zero-order chi connectivity index (χ0) is 12.3. The second-order valence-corrected chi connectivity index (χ2v) is 5.53. The molecule has 1 saturated carbocycles. The maximum absolute atomic E-state index is 11.9. The fourth-order valence-electron chi connectivity index (χ4n) is 2.23. The lowest BCUT2D eigenvalue weighted by atomic mass is 10.1. The molecule has 3 N–H and O–H groups in total. The van der Waals surface area contributed by atoms with Crippen molar-refractivity contribution in [1.82, 2.24) is 5.32 Å². The van der Waals surface area contributed by atoms with Crippen LogP contribution in [0.1, 0.15) is 24.8 Å². The molecule has 0 spiro atoms. The first-order chi connectivity index (χ1) is 8.15. The monoisotopic (exact) mass is 296 g/mol. The predicted molar refractivity (Wildman–Crippen MR) is 71.3 cm³/mol. The van der Waals surface area contributed by atoms with Crippen molar-refractivity contribution in [3.63, 3.8) is 0 Å². The Balaban J connectivity index is 1.84. The summed E-state index contributed by atoms with van der Waals surface area (Å²) in [5.41, 5.74) is 6.91. The first kappa shape index (κ1) is 12.6. The van der Waals surface area contributed by atoms with Crippen LogP contribution >= 0.6 is 15.9 Å². The average Bonchev–Trinajstić information content (AvgIpc) is 2.73.